The number of morpholine rings is 1. The number of nitrogens with zero attached hydrogens (tertiary/aromatic N) is 5. The average Bonchev–Trinajstić information content (AvgIpc) is 3.24. The molecule has 0 radical (unpaired) electrons. The summed E-state index contributed by atoms with van der Waals surface area (Å²) in [6.07, 6.45) is 4.01. The maximum absolute atomic E-state index is 12.8. The quantitative estimate of drug-likeness (QED) is 0.876. The van der Waals surface area contributed by atoms with Crippen LogP contribution in [0.5, 0.6) is 0 Å². The van der Waals surface area contributed by atoms with Gasteiger partial charge in [0.05, 0.1) is 44.0 Å². The van der Waals surface area contributed by atoms with Gasteiger partial charge in [-0.05, 0) is 13.0 Å². The Bertz CT molecular complexity index is 726. The van der Waals surface area contributed by atoms with Crippen molar-refractivity contribution in [1.82, 2.24) is 29.5 Å². The van der Waals surface area contributed by atoms with E-state index in [9.17, 15) is 4.79 Å². The Labute approximate surface area is 146 Å². The maximum Gasteiger partial charge on any atom is 0.224 e. The molecule has 2 aromatic heterocycles. The molecule has 8 nitrogen and oxygen atoms in total. The van der Waals surface area contributed by atoms with Crippen molar-refractivity contribution in [1.29, 1.82) is 0 Å². The van der Waals surface area contributed by atoms with E-state index in [0.717, 1.165) is 43.3 Å². The average molecular weight is 344 g/mol. The van der Waals surface area contributed by atoms with Crippen molar-refractivity contribution in [2.45, 2.75) is 39.0 Å². The van der Waals surface area contributed by atoms with Gasteiger partial charge in [-0.15, -0.1) is 0 Å². The zero-order chi connectivity index (χ0) is 17.2. The molecule has 1 fully saturated rings. The van der Waals surface area contributed by atoms with Gasteiger partial charge in [0, 0.05) is 44.0 Å². The van der Waals surface area contributed by atoms with Crippen LogP contribution in [0.1, 0.15) is 23.5 Å². The lowest BCUT2D eigenvalue weighted by atomic mass is 10.1. The SMILES string of the molecule is Cc1cc2n(n1)CCN(C(=O)CC1COCCN1Cc1cnc[nH]1)C2. The van der Waals surface area contributed by atoms with Gasteiger partial charge in [-0.1, -0.05) is 0 Å². The number of aromatic amines is 1. The second-order valence-corrected chi connectivity index (χ2v) is 6.80. The number of hydrogen-bond acceptors (Lipinski definition) is 5. The van der Waals surface area contributed by atoms with Crippen LogP contribution >= 0.6 is 0 Å². The van der Waals surface area contributed by atoms with Crippen molar-refractivity contribution in [3.8, 4) is 0 Å². The molecular weight excluding hydrogens is 320 g/mol. The number of carbonyl (C=O) groups is 1. The van der Waals surface area contributed by atoms with Crippen LogP contribution < -0.4 is 0 Å². The van der Waals surface area contributed by atoms with Crippen molar-refractivity contribution >= 4 is 5.91 Å². The largest absolute Gasteiger partial charge is 0.378 e. The number of H-pyrrole nitrogens is 1. The van der Waals surface area contributed by atoms with E-state index in [0.29, 0.717) is 26.2 Å². The van der Waals surface area contributed by atoms with Crippen LogP contribution in [0.3, 0.4) is 0 Å². The number of hydrogen-bond donors (Lipinski definition) is 1. The number of carbonyl (C=O) groups excluding carboxylic acids is 1. The van der Waals surface area contributed by atoms with Gasteiger partial charge in [-0.3, -0.25) is 14.4 Å². The van der Waals surface area contributed by atoms with Crippen LogP contribution in [0.4, 0.5) is 0 Å². The highest BCUT2D eigenvalue weighted by molar-refractivity contribution is 5.77. The Kier molecular flexibility index (Phi) is 4.54. The normalized spacial score (nSPS) is 21.3. The highest BCUT2D eigenvalue weighted by Crippen LogP contribution is 2.18. The molecule has 0 aliphatic carbocycles. The van der Waals surface area contributed by atoms with E-state index in [-0.39, 0.29) is 11.9 Å². The Morgan fingerprint density at radius 3 is 3.16 bits per heavy atom. The van der Waals surface area contributed by atoms with Gasteiger partial charge in [0.25, 0.3) is 0 Å². The monoisotopic (exact) mass is 344 g/mol. The fraction of sp³-hybridized carbons (Fsp3) is 0.588. The molecule has 1 unspecified atom stereocenters. The topological polar surface area (TPSA) is 79.3 Å². The molecule has 4 rings (SSSR count). The van der Waals surface area contributed by atoms with E-state index in [1.165, 1.54) is 0 Å². The van der Waals surface area contributed by atoms with Gasteiger partial charge < -0.3 is 14.6 Å². The Morgan fingerprint density at radius 2 is 2.32 bits per heavy atom. The molecule has 0 saturated carbocycles. The number of fused-ring (bicyclic) bond motifs is 1. The zero-order valence-corrected chi connectivity index (χ0v) is 14.5. The van der Waals surface area contributed by atoms with E-state index in [4.69, 9.17) is 4.74 Å². The second kappa shape index (κ2) is 6.97. The summed E-state index contributed by atoms with van der Waals surface area (Å²) in [6, 6.07) is 2.17. The number of rotatable bonds is 4. The minimum absolute atomic E-state index is 0.109. The maximum atomic E-state index is 12.8. The third-order valence-electron chi connectivity index (χ3n) is 4.96. The smallest absolute Gasteiger partial charge is 0.224 e. The lowest BCUT2D eigenvalue weighted by Gasteiger charge is -2.36. The van der Waals surface area contributed by atoms with Crippen LogP contribution in [0.15, 0.2) is 18.6 Å². The molecule has 0 bridgehead atoms. The van der Waals surface area contributed by atoms with Gasteiger partial charge in [-0.25, -0.2) is 4.98 Å². The van der Waals surface area contributed by atoms with E-state index < -0.39 is 0 Å². The first kappa shape index (κ1) is 16.3. The molecule has 134 valence electrons. The summed E-state index contributed by atoms with van der Waals surface area (Å²) in [6.45, 7) is 7.05. The predicted molar refractivity (Wildman–Crippen MR) is 90.6 cm³/mol. The molecule has 8 heteroatoms. The lowest BCUT2D eigenvalue weighted by molar-refractivity contribution is -0.136. The number of amides is 1. The number of nitrogens with one attached hydrogen (secondary N) is 1. The molecular formula is C17H24N6O2. The predicted octanol–water partition coefficient (Wildman–Crippen LogP) is 0.548. The summed E-state index contributed by atoms with van der Waals surface area (Å²) in [4.78, 5) is 24.3. The molecule has 0 spiro atoms. The van der Waals surface area contributed by atoms with Crippen molar-refractivity contribution in [2.75, 3.05) is 26.3 Å². The first-order valence-corrected chi connectivity index (χ1v) is 8.79. The van der Waals surface area contributed by atoms with Crippen LogP contribution in [0.2, 0.25) is 0 Å². The third kappa shape index (κ3) is 3.59. The van der Waals surface area contributed by atoms with Crippen LogP contribution in [0, 0.1) is 6.92 Å². The highest BCUT2D eigenvalue weighted by atomic mass is 16.5. The van der Waals surface area contributed by atoms with E-state index in [1.807, 2.05) is 22.7 Å². The Balaban J connectivity index is 1.39. The number of imidazole rings is 1. The zero-order valence-electron chi connectivity index (χ0n) is 14.5. The van der Waals surface area contributed by atoms with Crippen LogP contribution in [0.25, 0.3) is 0 Å². The van der Waals surface area contributed by atoms with Gasteiger partial charge in [0.15, 0.2) is 0 Å². The summed E-state index contributed by atoms with van der Waals surface area (Å²) in [5.41, 5.74) is 3.19. The van der Waals surface area contributed by atoms with Gasteiger partial charge >= 0.3 is 0 Å². The van der Waals surface area contributed by atoms with Gasteiger partial charge in [0.1, 0.15) is 0 Å². The van der Waals surface area contributed by atoms with Crippen molar-refractivity contribution in [2.24, 2.45) is 0 Å². The minimum atomic E-state index is 0.109. The summed E-state index contributed by atoms with van der Waals surface area (Å²) < 4.78 is 7.63. The van der Waals surface area contributed by atoms with E-state index >= 15 is 0 Å². The Hall–Kier alpha value is -2.19. The standard InChI is InChI=1S/C17H24N6O2/c1-13-6-15-10-22(2-3-23(15)20-13)17(24)7-16-11-25-5-4-21(16)9-14-8-18-12-19-14/h6,8,12,16H,2-5,7,9-11H2,1H3,(H,18,19). The summed E-state index contributed by atoms with van der Waals surface area (Å²) in [5, 5.41) is 4.46. The summed E-state index contributed by atoms with van der Waals surface area (Å²) >= 11 is 0. The summed E-state index contributed by atoms with van der Waals surface area (Å²) in [7, 11) is 0. The molecule has 4 heterocycles. The van der Waals surface area contributed by atoms with E-state index in [2.05, 4.69) is 26.0 Å². The Morgan fingerprint density at radius 1 is 1.40 bits per heavy atom. The van der Waals surface area contributed by atoms with Crippen molar-refractivity contribution in [3.63, 3.8) is 0 Å². The van der Waals surface area contributed by atoms with Crippen LogP contribution in [-0.2, 0) is 29.2 Å². The highest BCUT2D eigenvalue weighted by Gasteiger charge is 2.29. The first-order valence-electron chi connectivity index (χ1n) is 8.79. The molecule has 1 amide bonds. The number of aromatic nitrogens is 4. The van der Waals surface area contributed by atoms with Gasteiger partial charge in [-0.2, -0.15) is 5.10 Å². The number of aryl methyl sites for hydroxylation is 1. The third-order valence-corrected chi connectivity index (χ3v) is 4.96. The minimum Gasteiger partial charge on any atom is -0.378 e. The van der Waals surface area contributed by atoms with Gasteiger partial charge in [0.2, 0.25) is 5.91 Å². The first-order chi connectivity index (χ1) is 12.2. The van der Waals surface area contributed by atoms with Crippen molar-refractivity contribution in [3.05, 3.63) is 35.7 Å². The molecule has 1 N–H and O–H groups in total. The van der Waals surface area contributed by atoms with Crippen LogP contribution in [-0.4, -0.2) is 67.8 Å². The fourth-order valence-corrected chi connectivity index (χ4v) is 3.63. The molecule has 2 aromatic rings. The molecule has 25 heavy (non-hydrogen) atoms. The molecule has 2 aliphatic heterocycles. The molecule has 1 saturated heterocycles. The lowest BCUT2D eigenvalue weighted by Crippen LogP contribution is -2.48. The van der Waals surface area contributed by atoms with Crippen molar-refractivity contribution < 1.29 is 9.53 Å². The number of ether oxygens (including phenoxy) is 1. The molecule has 1 atom stereocenters. The van der Waals surface area contributed by atoms with E-state index in [1.54, 1.807) is 6.33 Å². The second-order valence-electron chi connectivity index (χ2n) is 6.80. The fourth-order valence-electron chi connectivity index (χ4n) is 3.63. The molecule has 2 aliphatic rings. The summed E-state index contributed by atoms with van der Waals surface area (Å²) in [5.74, 6) is 0.190. The molecule has 0 aromatic carbocycles.